The number of nitrogens with zero attached hydrogens (tertiary/aromatic N) is 1. The first kappa shape index (κ1) is 10.7. The number of carbonyl (C=O) groups is 1. The van der Waals surface area contributed by atoms with Gasteiger partial charge in [0.1, 0.15) is 6.61 Å². The number of ether oxygens (including phenoxy) is 1. The number of hydrogen-bond donors (Lipinski definition) is 0. The molecule has 0 aromatic carbocycles. The summed E-state index contributed by atoms with van der Waals surface area (Å²) in [5.74, 6) is -0.328. The molecule has 0 aromatic heterocycles. The molecule has 0 radical (unpaired) electrons. The lowest BCUT2D eigenvalue weighted by Gasteiger charge is -2.03. The number of hydrogen-bond acceptors (Lipinski definition) is 3. The molecule has 3 nitrogen and oxygen atoms in total. The molecule has 12 heavy (non-hydrogen) atoms. The quantitative estimate of drug-likeness (QED) is 0.366. The Morgan fingerprint density at radius 2 is 2.00 bits per heavy atom. The number of nitriles is 1. The Balaban J connectivity index is 3.91. The topological polar surface area (TPSA) is 50.1 Å². The van der Waals surface area contributed by atoms with Gasteiger partial charge >= 0.3 is 5.97 Å². The number of rotatable bonds is 3. The molecule has 0 saturated carbocycles. The van der Waals surface area contributed by atoms with Crippen molar-refractivity contribution in [2.75, 3.05) is 6.61 Å². The van der Waals surface area contributed by atoms with Crippen molar-refractivity contribution in [3.05, 3.63) is 11.1 Å². The van der Waals surface area contributed by atoms with Gasteiger partial charge in [-0.1, -0.05) is 5.57 Å². The van der Waals surface area contributed by atoms with Crippen LogP contribution in [-0.2, 0) is 9.53 Å². The van der Waals surface area contributed by atoms with Crippen molar-refractivity contribution in [3.8, 4) is 6.07 Å². The molecule has 0 heterocycles. The fourth-order valence-corrected chi connectivity index (χ4v) is 0.502. The lowest BCUT2D eigenvalue weighted by atomic mass is 10.2. The van der Waals surface area contributed by atoms with E-state index in [2.05, 4.69) is 0 Å². The molecule has 0 atom stereocenters. The molecule has 0 aliphatic rings. The van der Waals surface area contributed by atoms with Gasteiger partial charge in [0.25, 0.3) is 0 Å². The highest BCUT2D eigenvalue weighted by Crippen LogP contribution is 2.03. The van der Waals surface area contributed by atoms with E-state index in [0.29, 0.717) is 5.57 Å². The second-order valence-corrected chi connectivity index (χ2v) is 2.67. The van der Waals surface area contributed by atoms with E-state index in [4.69, 9.17) is 10.00 Å². The summed E-state index contributed by atoms with van der Waals surface area (Å²) >= 11 is 0. The van der Waals surface area contributed by atoms with Crippen LogP contribution in [0.4, 0.5) is 0 Å². The summed E-state index contributed by atoms with van der Waals surface area (Å²) in [5.41, 5.74) is 1.56. The van der Waals surface area contributed by atoms with Gasteiger partial charge in [-0.2, -0.15) is 5.26 Å². The monoisotopic (exact) mass is 167 g/mol. The van der Waals surface area contributed by atoms with Gasteiger partial charge in [-0.05, 0) is 20.8 Å². The minimum Gasteiger partial charge on any atom is -0.461 e. The van der Waals surface area contributed by atoms with Crippen LogP contribution in [0.5, 0.6) is 0 Å². The van der Waals surface area contributed by atoms with Gasteiger partial charge in [0.15, 0.2) is 0 Å². The van der Waals surface area contributed by atoms with Crippen molar-refractivity contribution in [2.24, 2.45) is 0 Å². The summed E-state index contributed by atoms with van der Waals surface area (Å²) in [6.45, 7) is 5.59. The second kappa shape index (κ2) is 5.36. The highest BCUT2D eigenvalue weighted by Gasteiger charge is 2.05. The van der Waals surface area contributed by atoms with E-state index in [1.165, 1.54) is 0 Å². The van der Waals surface area contributed by atoms with Crippen molar-refractivity contribution in [1.82, 2.24) is 0 Å². The first-order valence-electron chi connectivity index (χ1n) is 3.77. The molecule has 0 spiro atoms. The molecule has 0 unspecified atom stereocenters. The molecule has 0 rings (SSSR count). The van der Waals surface area contributed by atoms with Crippen molar-refractivity contribution in [3.63, 3.8) is 0 Å². The molecule has 0 aliphatic heterocycles. The van der Waals surface area contributed by atoms with E-state index in [9.17, 15) is 4.79 Å². The molecule has 0 N–H and O–H groups in total. The van der Waals surface area contributed by atoms with Crippen LogP contribution in [0.1, 0.15) is 27.2 Å². The first-order valence-corrected chi connectivity index (χ1v) is 3.77. The van der Waals surface area contributed by atoms with Gasteiger partial charge < -0.3 is 4.74 Å². The zero-order valence-electron chi connectivity index (χ0n) is 7.68. The molecule has 0 aromatic rings. The minimum absolute atomic E-state index is 0.181. The van der Waals surface area contributed by atoms with Gasteiger partial charge in [-0.3, -0.25) is 0 Å². The van der Waals surface area contributed by atoms with E-state index in [1.807, 2.05) is 19.9 Å². The Morgan fingerprint density at radius 1 is 1.42 bits per heavy atom. The Morgan fingerprint density at radius 3 is 2.42 bits per heavy atom. The predicted octanol–water partition coefficient (Wildman–Crippen LogP) is 1.80. The highest BCUT2D eigenvalue weighted by atomic mass is 16.5. The molecular weight excluding hydrogens is 154 g/mol. The molecule has 0 fully saturated rings. The zero-order chi connectivity index (χ0) is 9.56. The SMILES string of the molecule is CC(C)=C(C)C(=O)OCCC#N. The molecule has 0 bridgehead atoms. The molecule has 0 amide bonds. The van der Waals surface area contributed by atoms with E-state index in [-0.39, 0.29) is 19.0 Å². The van der Waals surface area contributed by atoms with Crippen LogP contribution in [0.15, 0.2) is 11.1 Å². The van der Waals surface area contributed by atoms with Crippen LogP contribution in [0.2, 0.25) is 0 Å². The maximum Gasteiger partial charge on any atom is 0.333 e. The van der Waals surface area contributed by atoms with Crippen molar-refractivity contribution in [1.29, 1.82) is 5.26 Å². The second-order valence-electron chi connectivity index (χ2n) is 2.67. The van der Waals surface area contributed by atoms with Gasteiger partial charge in [0, 0.05) is 5.57 Å². The third kappa shape index (κ3) is 3.77. The summed E-state index contributed by atoms with van der Waals surface area (Å²) in [4.78, 5) is 11.1. The normalized spacial score (nSPS) is 8.50. The predicted molar refractivity (Wildman–Crippen MR) is 45.2 cm³/mol. The van der Waals surface area contributed by atoms with Gasteiger partial charge in [0.2, 0.25) is 0 Å². The van der Waals surface area contributed by atoms with Crippen LogP contribution in [0, 0.1) is 11.3 Å². The van der Waals surface area contributed by atoms with E-state index >= 15 is 0 Å². The maximum atomic E-state index is 11.1. The smallest absolute Gasteiger partial charge is 0.333 e. The molecule has 3 heteroatoms. The van der Waals surface area contributed by atoms with Crippen LogP contribution >= 0.6 is 0 Å². The summed E-state index contributed by atoms with van der Waals surface area (Å²) in [5, 5.41) is 8.17. The number of esters is 1. The third-order valence-electron chi connectivity index (χ3n) is 1.50. The zero-order valence-corrected chi connectivity index (χ0v) is 7.68. The van der Waals surface area contributed by atoms with E-state index in [1.54, 1.807) is 6.92 Å². The summed E-state index contributed by atoms with van der Waals surface area (Å²) in [6, 6.07) is 1.90. The highest BCUT2D eigenvalue weighted by molar-refractivity contribution is 5.88. The van der Waals surface area contributed by atoms with Crippen molar-refractivity contribution >= 4 is 5.97 Å². The van der Waals surface area contributed by atoms with Gasteiger partial charge in [-0.25, -0.2) is 4.79 Å². The van der Waals surface area contributed by atoms with Crippen LogP contribution in [0.3, 0.4) is 0 Å². The Bertz CT molecular complexity index is 231. The van der Waals surface area contributed by atoms with Crippen LogP contribution < -0.4 is 0 Å². The molecule has 0 saturated heterocycles. The molecule has 66 valence electrons. The summed E-state index contributed by atoms with van der Waals surface area (Å²) < 4.78 is 4.79. The number of carbonyl (C=O) groups excluding carboxylic acids is 1. The summed E-state index contributed by atoms with van der Waals surface area (Å²) in [7, 11) is 0. The fraction of sp³-hybridized carbons (Fsp3) is 0.556. The van der Waals surface area contributed by atoms with Crippen LogP contribution in [-0.4, -0.2) is 12.6 Å². The third-order valence-corrected chi connectivity index (χ3v) is 1.50. The Kier molecular flexibility index (Phi) is 4.78. The standard InChI is InChI=1S/C9H13NO2/c1-7(2)8(3)9(11)12-6-4-5-10/h4,6H2,1-3H3. The Labute approximate surface area is 72.6 Å². The summed E-state index contributed by atoms with van der Waals surface area (Å²) in [6.07, 6.45) is 0.252. The first-order chi connectivity index (χ1) is 5.59. The average Bonchev–Trinajstić information content (AvgIpc) is 2.03. The number of allylic oxidation sites excluding steroid dienone is 1. The average molecular weight is 167 g/mol. The van der Waals surface area contributed by atoms with Crippen molar-refractivity contribution in [2.45, 2.75) is 27.2 Å². The largest absolute Gasteiger partial charge is 0.461 e. The Hall–Kier alpha value is -1.30. The lowest BCUT2D eigenvalue weighted by molar-refractivity contribution is -0.138. The van der Waals surface area contributed by atoms with Gasteiger partial charge in [0.05, 0.1) is 12.5 Å². The van der Waals surface area contributed by atoms with E-state index in [0.717, 1.165) is 5.57 Å². The van der Waals surface area contributed by atoms with E-state index < -0.39 is 0 Å². The van der Waals surface area contributed by atoms with Crippen molar-refractivity contribution < 1.29 is 9.53 Å². The van der Waals surface area contributed by atoms with Gasteiger partial charge in [-0.15, -0.1) is 0 Å². The molecule has 0 aliphatic carbocycles. The van der Waals surface area contributed by atoms with Crippen LogP contribution in [0.25, 0.3) is 0 Å². The molecular formula is C9H13NO2. The fourth-order valence-electron chi connectivity index (χ4n) is 0.502. The minimum atomic E-state index is -0.328. The lowest BCUT2D eigenvalue weighted by Crippen LogP contribution is -2.07. The maximum absolute atomic E-state index is 11.1.